The molecule has 0 saturated carbocycles. The first kappa shape index (κ1) is 10.2. The van der Waals surface area contributed by atoms with Crippen molar-refractivity contribution in [1.82, 2.24) is 4.81 Å². The molecule has 1 saturated heterocycles. The molecule has 1 rings (SSSR count). The van der Waals surface area contributed by atoms with Crippen LogP contribution in [-0.4, -0.2) is 42.4 Å². The fourth-order valence-corrected chi connectivity index (χ4v) is 1.21. The van der Waals surface area contributed by atoms with Crippen molar-refractivity contribution >= 4 is 19.0 Å². The number of nitrogens with zero attached hydrogens (tertiary/aromatic N) is 1. The van der Waals surface area contributed by atoms with Crippen molar-refractivity contribution in [3.63, 3.8) is 0 Å². The second-order valence-corrected chi connectivity index (χ2v) is 3.08. The number of carbonyl (C=O) groups is 2. The Morgan fingerprint density at radius 1 is 1.85 bits per heavy atom. The summed E-state index contributed by atoms with van der Waals surface area (Å²) in [6, 6.07) is 0. The molecule has 0 bridgehead atoms. The van der Waals surface area contributed by atoms with Crippen molar-refractivity contribution in [3.8, 4) is 0 Å². The van der Waals surface area contributed by atoms with Crippen LogP contribution in [-0.2, 0) is 14.2 Å². The number of Topliss-reactive ketones (excluding diaryl/α,β-unsaturated/α-hetero) is 1. The molecule has 0 aliphatic carbocycles. The third kappa shape index (κ3) is 2.08. The van der Waals surface area contributed by atoms with Gasteiger partial charge in [-0.15, -0.1) is 0 Å². The van der Waals surface area contributed by atoms with Crippen LogP contribution in [0.1, 0.15) is 13.3 Å². The Hall–Kier alpha value is -0.875. The average Bonchev–Trinajstić information content (AvgIpc) is 2.10. The maximum Gasteiger partial charge on any atom is 0.627 e. The Labute approximate surface area is 76.8 Å². The number of carbonyl (C=O) groups excluding carboxylic acids is 2. The highest BCUT2D eigenvalue weighted by Crippen LogP contribution is 2.13. The normalized spacial score (nSPS) is 24.4. The smallest absolute Gasteiger partial charge is 0.495 e. The van der Waals surface area contributed by atoms with Gasteiger partial charge < -0.3 is 9.68 Å². The summed E-state index contributed by atoms with van der Waals surface area (Å²) in [7, 11) is 0.376. The summed E-state index contributed by atoms with van der Waals surface area (Å²) >= 11 is 0. The minimum absolute atomic E-state index is 0.149. The highest BCUT2D eigenvalue weighted by molar-refractivity contribution is 6.43. The molecular weight excluding hydrogens is 173 g/mol. The molecule has 5 nitrogen and oxygen atoms in total. The summed E-state index contributed by atoms with van der Waals surface area (Å²) in [6.07, 6.45) is 0.309. The molecule has 1 aliphatic heterocycles. The SMILES string of the molecule is CCC(=O)C1CN(C)B(O)OC1=O. The van der Waals surface area contributed by atoms with Crippen LogP contribution in [0.4, 0.5) is 0 Å². The Morgan fingerprint density at radius 3 is 3.00 bits per heavy atom. The first-order valence-corrected chi connectivity index (χ1v) is 4.17. The molecule has 1 aliphatic rings. The van der Waals surface area contributed by atoms with E-state index in [0.29, 0.717) is 6.42 Å². The van der Waals surface area contributed by atoms with E-state index >= 15 is 0 Å². The van der Waals surface area contributed by atoms with Gasteiger partial charge in [0.05, 0.1) is 0 Å². The summed E-state index contributed by atoms with van der Waals surface area (Å²) in [5.41, 5.74) is 0. The lowest BCUT2D eigenvalue weighted by Gasteiger charge is -2.28. The van der Waals surface area contributed by atoms with Crippen LogP contribution in [0.2, 0.25) is 0 Å². The molecule has 1 unspecified atom stereocenters. The summed E-state index contributed by atoms with van der Waals surface area (Å²) in [4.78, 5) is 23.8. The largest absolute Gasteiger partial charge is 0.627 e. The second-order valence-electron chi connectivity index (χ2n) is 3.08. The number of ketones is 1. The Bertz CT molecular complexity index is 233. The zero-order valence-electron chi connectivity index (χ0n) is 7.69. The van der Waals surface area contributed by atoms with Crippen molar-refractivity contribution in [3.05, 3.63) is 0 Å². The van der Waals surface area contributed by atoms with Gasteiger partial charge in [0.1, 0.15) is 11.7 Å². The predicted molar refractivity (Wildman–Crippen MR) is 45.5 cm³/mol. The molecule has 1 heterocycles. The van der Waals surface area contributed by atoms with E-state index in [9.17, 15) is 9.59 Å². The molecule has 0 aromatic carbocycles. The van der Waals surface area contributed by atoms with E-state index < -0.39 is 19.1 Å². The van der Waals surface area contributed by atoms with Crippen LogP contribution in [0.3, 0.4) is 0 Å². The molecule has 0 radical (unpaired) electrons. The Morgan fingerprint density at radius 2 is 2.46 bits per heavy atom. The zero-order chi connectivity index (χ0) is 10.0. The van der Waals surface area contributed by atoms with Gasteiger partial charge in [-0.1, -0.05) is 6.92 Å². The summed E-state index contributed by atoms with van der Waals surface area (Å²) < 4.78 is 4.56. The maximum absolute atomic E-state index is 11.2. The highest BCUT2D eigenvalue weighted by atomic mass is 16.6. The van der Waals surface area contributed by atoms with Crippen LogP contribution in [0, 0.1) is 5.92 Å². The standard InChI is InChI=1S/C7H12BNO4/c1-3-6(10)5-4-9(2)8(12)13-7(5)11/h5,12H,3-4H2,1-2H3. The van der Waals surface area contributed by atoms with E-state index in [1.807, 2.05) is 0 Å². The average molecular weight is 185 g/mol. The van der Waals surface area contributed by atoms with Crippen LogP contribution in [0.25, 0.3) is 0 Å². The van der Waals surface area contributed by atoms with Crippen molar-refractivity contribution in [1.29, 1.82) is 0 Å². The predicted octanol–water partition coefficient (Wildman–Crippen LogP) is -0.952. The van der Waals surface area contributed by atoms with Gasteiger partial charge in [0.2, 0.25) is 0 Å². The minimum Gasteiger partial charge on any atom is -0.495 e. The van der Waals surface area contributed by atoms with E-state index in [-0.39, 0.29) is 12.3 Å². The highest BCUT2D eigenvalue weighted by Gasteiger charge is 2.40. The molecule has 72 valence electrons. The third-order valence-corrected chi connectivity index (χ3v) is 2.09. The first-order chi connectivity index (χ1) is 6.06. The molecule has 6 heteroatoms. The Kier molecular flexibility index (Phi) is 3.05. The van der Waals surface area contributed by atoms with Gasteiger partial charge in [0, 0.05) is 13.0 Å². The molecule has 13 heavy (non-hydrogen) atoms. The maximum atomic E-state index is 11.2. The van der Waals surface area contributed by atoms with Gasteiger partial charge in [0.25, 0.3) is 0 Å². The van der Waals surface area contributed by atoms with Gasteiger partial charge in [-0.05, 0) is 7.05 Å². The lowest BCUT2D eigenvalue weighted by atomic mass is 9.93. The molecule has 0 aromatic heterocycles. The molecule has 1 fully saturated rings. The topological polar surface area (TPSA) is 66.8 Å². The lowest BCUT2D eigenvalue weighted by molar-refractivity contribution is -0.148. The van der Waals surface area contributed by atoms with Crippen molar-refractivity contribution in [2.75, 3.05) is 13.6 Å². The van der Waals surface area contributed by atoms with E-state index in [1.165, 1.54) is 4.81 Å². The van der Waals surface area contributed by atoms with Crippen LogP contribution >= 0.6 is 0 Å². The minimum atomic E-state index is -1.21. The second kappa shape index (κ2) is 3.89. The van der Waals surface area contributed by atoms with Gasteiger partial charge in [-0.2, -0.15) is 0 Å². The summed E-state index contributed by atoms with van der Waals surface area (Å²) in [6.45, 7) is 1.92. The zero-order valence-corrected chi connectivity index (χ0v) is 7.69. The fourth-order valence-electron chi connectivity index (χ4n) is 1.21. The number of hydrogen-bond acceptors (Lipinski definition) is 5. The van der Waals surface area contributed by atoms with Crippen molar-refractivity contribution in [2.24, 2.45) is 5.92 Å². The molecular formula is C7H12BNO4. The van der Waals surface area contributed by atoms with Gasteiger partial charge >= 0.3 is 13.2 Å². The monoisotopic (exact) mass is 185 g/mol. The quantitative estimate of drug-likeness (QED) is 0.443. The van der Waals surface area contributed by atoms with Gasteiger partial charge in [-0.3, -0.25) is 14.4 Å². The molecule has 1 N–H and O–H groups in total. The van der Waals surface area contributed by atoms with Crippen molar-refractivity contribution in [2.45, 2.75) is 13.3 Å². The van der Waals surface area contributed by atoms with Crippen molar-refractivity contribution < 1.29 is 19.3 Å². The van der Waals surface area contributed by atoms with E-state index in [2.05, 4.69) is 4.65 Å². The molecule has 1 atom stereocenters. The summed E-state index contributed by atoms with van der Waals surface area (Å²) in [5, 5.41) is 9.09. The molecule has 0 aromatic rings. The van der Waals surface area contributed by atoms with Crippen LogP contribution < -0.4 is 0 Å². The van der Waals surface area contributed by atoms with E-state index in [1.54, 1.807) is 14.0 Å². The van der Waals surface area contributed by atoms with E-state index in [4.69, 9.17) is 5.02 Å². The molecule has 0 spiro atoms. The first-order valence-electron chi connectivity index (χ1n) is 4.17. The number of rotatable bonds is 2. The van der Waals surface area contributed by atoms with Crippen LogP contribution in [0.15, 0.2) is 0 Å². The molecule has 0 amide bonds. The fraction of sp³-hybridized carbons (Fsp3) is 0.714. The lowest BCUT2D eigenvalue weighted by Crippen LogP contribution is -2.53. The Balaban J connectivity index is 2.67. The van der Waals surface area contributed by atoms with Gasteiger partial charge in [0.15, 0.2) is 0 Å². The third-order valence-electron chi connectivity index (χ3n) is 2.09. The summed E-state index contributed by atoms with van der Waals surface area (Å²) in [5.74, 6) is -1.51. The number of hydrogen-bond donors (Lipinski definition) is 1. The van der Waals surface area contributed by atoms with Gasteiger partial charge in [-0.25, -0.2) is 0 Å². The van der Waals surface area contributed by atoms with Crippen LogP contribution in [0.5, 0.6) is 0 Å². The van der Waals surface area contributed by atoms with E-state index in [0.717, 1.165) is 0 Å².